The molecule has 0 bridgehead atoms. The molecule has 1 heterocycles. The van der Waals surface area contributed by atoms with Gasteiger partial charge in [0.05, 0.1) is 10.5 Å². The molecule has 0 unspecified atom stereocenters. The molecule has 1 aliphatic carbocycles. The second-order valence-corrected chi connectivity index (χ2v) is 5.90. The van der Waals surface area contributed by atoms with Crippen molar-refractivity contribution >= 4 is 27.9 Å². The fourth-order valence-corrected chi connectivity index (χ4v) is 2.64. The molecule has 108 valence electrons. The van der Waals surface area contributed by atoms with Gasteiger partial charge in [0, 0.05) is 6.08 Å². The molecule has 21 heavy (non-hydrogen) atoms. The fraction of sp³-hybridized carbons (Fsp3) is 0.333. The van der Waals surface area contributed by atoms with E-state index in [0.29, 0.717) is 24.7 Å². The number of carbonyl (C=O) groups excluding carboxylic acids is 1. The number of nitrogens with zero attached hydrogens (tertiary/aromatic N) is 1. The largest absolute Gasteiger partial charge is 0.486 e. The maximum Gasteiger partial charge on any atom is 0.245 e. The van der Waals surface area contributed by atoms with Gasteiger partial charge in [-0.25, -0.2) is 0 Å². The molecule has 1 aromatic rings. The Morgan fingerprint density at radius 2 is 2.14 bits per heavy atom. The van der Waals surface area contributed by atoms with Gasteiger partial charge in [-0.2, -0.15) is 5.26 Å². The minimum absolute atomic E-state index is 0.264. The van der Waals surface area contributed by atoms with Crippen LogP contribution >= 0.6 is 15.9 Å². The first-order valence-electron chi connectivity index (χ1n) is 6.62. The van der Waals surface area contributed by atoms with Crippen molar-refractivity contribution in [3.8, 4) is 17.6 Å². The van der Waals surface area contributed by atoms with Gasteiger partial charge < -0.3 is 14.8 Å². The van der Waals surface area contributed by atoms with E-state index in [1.807, 2.05) is 12.1 Å². The highest BCUT2D eigenvalue weighted by molar-refractivity contribution is 9.10. The van der Waals surface area contributed by atoms with E-state index in [4.69, 9.17) is 14.7 Å². The van der Waals surface area contributed by atoms with Gasteiger partial charge in [0.25, 0.3) is 0 Å². The Hall–Kier alpha value is -2.00. The van der Waals surface area contributed by atoms with Crippen LogP contribution in [0.15, 0.2) is 22.7 Å². The van der Waals surface area contributed by atoms with Crippen molar-refractivity contribution in [3.05, 3.63) is 28.2 Å². The second-order valence-electron chi connectivity index (χ2n) is 5.04. The van der Waals surface area contributed by atoms with E-state index in [2.05, 4.69) is 27.3 Å². The molecule has 0 aromatic heterocycles. The third kappa shape index (κ3) is 3.03. The number of nitrogens with one attached hydrogen (secondary N) is 1. The minimum atomic E-state index is -0.644. The third-order valence-electron chi connectivity index (χ3n) is 3.37. The first-order valence-corrected chi connectivity index (χ1v) is 7.42. The summed E-state index contributed by atoms with van der Waals surface area (Å²) in [5.41, 5.74) is 0.178. The van der Waals surface area contributed by atoms with Gasteiger partial charge in [-0.05, 0) is 52.5 Å². The van der Waals surface area contributed by atoms with Crippen molar-refractivity contribution in [1.29, 1.82) is 5.26 Å². The maximum atomic E-state index is 11.8. The maximum absolute atomic E-state index is 11.8. The van der Waals surface area contributed by atoms with E-state index in [0.717, 1.165) is 22.9 Å². The van der Waals surface area contributed by atoms with Crippen LogP contribution in [0.3, 0.4) is 0 Å². The smallest absolute Gasteiger partial charge is 0.245 e. The molecule has 0 spiro atoms. The summed E-state index contributed by atoms with van der Waals surface area (Å²) in [6, 6.07) is 5.80. The molecule has 1 saturated carbocycles. The number of rotatable bonds is 3. The predicted octanol–water partition coefficient (Wildman–Crippen LogP) is 2.41. The Morgan fingerprint density at radius 3 is 2.86 bits per heavy atom. The van der Waals surface area contributed by atoms with E-state index >= 15 is 0 Å². The molecule has 1 N–H and O–H groups in total. The molecule has 0 atom stereocenters. The summed E-state index contributed by atoms with van der Waals surface area (Å²) in [6.45, 7) is 1.04. The molecule has 1 fully saturated rings. The monoisotopic (exact) mass is 348 g/mol. The van der Waals surface area contributed by atoms with E-state index in [9.17, 15) is 4.79 Å². The minimum Gasteiger partial charge on any atom is -0.486 e. The van der Waals surface area contributed by atoms with Crippen LogP contribution < -0.4 is 14.8 Å². The quantitative estimate of drug-likeness (QED) is 0.851. The zero-order valence-electron chi connectivity index (χ0n) is 11.2. The number of halogens is 1. The molecule has 3 rings (SSSR count). The van der Waals surface area contributed by atoms with Crippen LogP contribution in [-0.4, -0.2) is 24.7 Å². The van der Waals surface area contributed by atoms with Crippen LogP contribution in [0.25, 0.3) is 6.08 Å². The lowest BCUT2D eigenvalue weighted by Crippen LogP contribution is -2.34. The molecule has 6 heteroatoms. The summed E-state index contributed by atoms with van der Waals surface area (Å²) in [4.78, 5) is 11.8. The first-order chi connectivity index (χ1) is 10.1. The normalized spacial score (nSPS) is 18.1. The van der Waals surface area contributed by atoms with Gasteiger partial charge in [0.1, 0.15) is 18.8 Å². The molecule has 1 aliphatic heterocycles. The topological polar surface area (TPSA) is 71.4 Å². The van der Waals surface area contributed by atoms with Crippen molar-refractivity contribution in [2.75, 3.05) is 13.2 Å². The van der Waals surface area contributed by atoms with E-state index in [1.54, 1.807) is 6.08 Å². The first kappa shape index (κ1) is 14.0. The van der Waals surface area contributed by atoms with Gasteiger partial charge in [-0.3, -0.25) is 4.79 Å². The summed E-state index contributed by atoms with van der Waals surface area (Å²) in [7, 11) is 0. The van der Waals surface area contributed by atoms with E-state index in [1.165, 1.54) is 6.08 Å². The lowest BCUT2D eigenvalue weighted by molar-refractivity contribution is -0.117. The SMILES string of the molecule is N#CC1(NC(=O)C=Cc2cc(Br)c3c(c2)OCCO3)CC1. The Bertz CT molecular complexity index is 660. The standard InChI is InChI=1S/C15H13BrN2O3/c16-11-7-10(8-12-14(11)21-6-5-20-12)1-2-13(19)18-15(9-17)3-4-15/h1-2,7-8H,3-6H2,(H,18,19). The highest BCUT2D eigenvalue weighted by Crippen LogP contribution is 2.39. The summed E-state index contributed by atoms with van der Waals surface area (Å²) >= 11 is 3.43. The Kier molecular flexibility index (Phi) is 3.60. The number of amides is 1. The fourth-order valence-electron chi connectivity index (χ4n) is 2.07. The Balaban J connectivity index is 1.73. The van der Waals surface area contributed by atoms with Gasteiger partial charge >= 0.3 is 0 Å². The van der Waals surface area contributed by atoms with Crippen molar-refractivity contribution < 1.29 is 14.3 Å². The Morgan fingerprint density at radius 1 is 1.38 bits per heavy atom. The number of nitriles is 1. The number of benzene rings is 1. The van der Waals surface area contributed by atoms with E-state index < -0.39 is 5.54 Å². The lowest BCUT2D eigenvalue weighted by Gasteiger charge is -2.19. The van der Waals surface area contributed by atoms with Crippen LogP contribution in [0.2, 0.25) is 0 Å². The molecular formula is C15H13BrN2O3. The van der Waals surface area contributed by atoms with Crippen LogP contribution in [0, 0.1) is 11.3 Å². The van der Waals surface area contributed by atoms with Crippen molar-refractivity contribution in [2.45, 2.75) is 18.4 Å². The molecule has 5 nitrogen and oxygen atoms in total. The molecule has 0 radical (unpaired) electrons. The zero-order chi connectivity index (χ0) is 14.9. The number of ether oxygens (including phenoxy) is 2. The second kappa shape index (κ2) is 5.41. The van der Waals surface area contributed by atoms with Crippen molar-refractivity contribution in [1.82, 2.24) is 5.32 Å². The van der Waals surface area contributed by atoms with Gasteiger partial charge in [0.15, 0.2) is 11.5 Å². The van der Waals surface area contributed by atoms with Crippen LogP contribution in [-0.2, 0) is 4.79 Å². The summed E-state index contributed by atoms with van der Waals surface area (Å²) < 4.78 is 11.8. The average molecular weight is 349 g/mol. The number of hydrogen-bond donors (Lipinski definition) is 1. The highest BCUT2D eigenvalue weighted by Gasteiger charge is 2.44. The van der Waals surface area contributed by atoms with Gasteiger partial charge in [0.2, 0.25) is 5.91 Å². The van der Waals surface area contributed by atoms with Crippen LogP contribution in [0.5, 0.6) is 11.5 Å². The number of hydrogen-bond acceptors (Lipinski definition) is 4. The van der Waals surface area contributed by atoms with Gasteiger partial charge in [-0.15, -0.1) is 0 Å². The van der Waals surface area contributed by atoms with Gasteiger partial charge in [-0.1, -0.05) is 0 Å². The van der Waals surface area contributed by atoms with Crippen LogP contribution in [0.4, 0.5) is 0 Å². The number of carbonyl (C=O) groups is 1. The third-order valence-corrected chi connectivity index (χ3v) is 3.96. The summed E-state index contributed by atoms with van der Waals surface area (Å²) in [5, 5.41) is 11.6. The molecule has 0 saturated heterocycles. The molecule has 1 aromatic carbocycles. The van der Waals surface area contributed by atoms with E-state index in [-0.39, 0.29) is 5.91 Å². The van der Waals surface area contributed by atoms with Crippen molar-refractivity contribution in [2.24, 2.45) is 0 Å². The Labute approximate surface area is 130 Å². The molecular weight excluding hydrogens is 336 g/mol. The molecule has 2 aliphatic rings. The zero-order valence-corrected chi connectivity index (χ0v) is 12.8. The van der Waals surface area contributed by atoms with Crippen LogP contribution in [0.1, 0.15) is 18.4 Å². The predicted molar refractivity (Wildman–Crippen MR) is 79.9 cm³/mol. The number of fused-ring (bicyclic) bond motifs is 1. The average Bonchev–Trinajstić information content (AvgIpc) is 3.25. The summed E-state index contributed by atoms with van der Waals surface area (Å²) in [5.74, 6) is 1.08. The lowest BCUT2D eigenvalue weighted by atomic mass is 10.1. The molecule has 1 amide bonds. The highest BCUT2D eigenvalue weighted by atomic mass is 79.9. The van der Waals surface area contributed by atoms with Crippen molar-refractivity contribution in [3.63, 3.8) is 0 Å². The summed E-state index contributed by atoms with van der Waals surface area (Å²) in [6.07, 6.45) is 4.55.